The van der Waals surface area contributed by atoms with E-state index in [0.29, 0.717) is 11.3 Å². The standard InChI is InChI=1S/C9H6BrNO2/c10-5-1-2-8-6(3-5)7(11)4-9(12)13-8/h1-4H,11H2. The summed E-state index contributed by atoms with van der Waals surface area (Å²) in [6.07, 6.45) is 0. The third kappa shape index (κ3) is 1.45. The number of rotatable bonds is 0. The fraction of sp³-hybridized carbons (Fsp3) is 0. The summed E-state index contributed by atoms with van der Waals surface area (Å²) in [6.45, 7) is 0. The maximum Gasteiger partial charge on any atom is 0.338 e. The third-order valence-electron chi connectivity index (χ3n) is 1.74. The zero-order valence-corrected chi connectivity index (χ0v) is 8.17. The van der Waals surface area contributed by atoms with Crippen molar-refractivity contribution >= 4 is 32.6 Å². The third-order valence-corrected chi connectivity index (χ3v) is 2.23. The molecule has 1 aromatic carbocycles. The Morgan fingerprint density at radius 1 is 1.31 bits per heavy atom. The number of benzene rings is 1. The first-order chi connectivity index (χ1) is 6.16. The molecule has 4 heteroatoms. The highest BCUT2D eigenvalue weighted by Gasteiger charge is 2.02. The lowest BCUT2D eigenvalue weighted by Gasteiger charge is -1.99. The Morgan fingerprint density at radius 3 is 2.85 bits per heavy atom. The van der Waals surface area contributed by atoms with Crippen molar-refractivity contribution in [2.45, 2.75) is 0 Å². The molecule has 0 aliphatic carbocycles. The van der Waals surface area contributed by atoms with E-state index in [1.54, 1.807) is 12.1 Å². The quantitative estimate of drug-likeness (QED) is 0.717. The molecule has 0 saturated heterocycles. The van der Waals surface area contributed by atoms with Gasteiger partial charge in [0.25, 0.3) is 0 Å². The molecule has 0 spiro atoms. The average Bonchev–Trinajstić information content (AvgIpc) is 2.06. The molecule has 0 bridgehead atoms. The number of nitrogen functional groups attached to an aromatic ring is 1. The van der Waals surface area contributed by atoms with Crippen LogP contribution in [0.5, 0.6) is 0 Å². The molecular formula is C9H6BrNO2. The molecule has 2 N–H and O–H groups in total. The molecule has 0 aliphatic heterocycles. The highest BCUT2D eigenvalue weighted by atomic mass is 79.9. The largest absolute Gasteiger partial charge is 0.423 e. The van der Waals surface area contributed by atoms with E-state index in [1.165, 1.54) is 6.07 Å². The summed E-state index contributed by atoms with van der Waals surface area (Å²) in [7, 11) is 0. The molecule has 1 aromatic heterocycles. The first kappa shape index (κ1) is 8.31. The lowest BCUT2D eigenvalue weighted by molar-refractivity contribution is 0.561. The SMILES string of the molecule is Nc1cc(=O)oc2ccc(Br)cc12. The van der Waals surface area contributed by atoms with Crippen molar-refractivity contribution in [3.05, 3.63) is 39.2 Å². The van der Waals surface area contributed by atoms with Crippen molar-refractivity contribution in [2.75, 3.05) is 5.73 Å². The van der Waals surface area contributed by atoms with Gasteiger partial charge in [0, 0.05) is 21.6 Å². The van der Waals surface area contributed by atoms with Gasteiger partial charge in [-0.2, -0.15) is 0 Å². The summed E-state index contributed by atoms with van der Waals surface area (Å²) in [4.78, 5) is 10.9. The lowest BCUT2D eigenvalue weighted by Crippen LogP contribution is -1.99. The average molecular weight is 240 g/mol. The van der Waals surface area contributed by atoms with Gasteiger partial charge in [-0.1, -0.05) is 15.9 Å². The highest BCUT2D eigenvalue weighted by Crippen LogP contribution is 2.22. The molecule has 0 radical (unpaired) electrons. The molecule has 1 heterocycles. The Bertz CT molecular complexity index is 518. The van der Waals surface area contributed by atoms with Crippen LogP contribution in [0.3, 0.4) is 0 Å². The molecule has 66 valence electrons. The Balaban J connectivity index is 2.95. The van der Waals surface area contributed by atoms with Crippen molar-refractivity contribution in [2.24, 2.45) is 0 Å². The Hall–Kier alpha value is -1.29. The summed E-state index contributed by atoms with van der Waals surface area (Å²) in [5.74, 6) is 0. The molecule has 0 fully saturated rings. The van der Waals surface area contributed by atoms with Crippen LogP contribution < -0.4 is 11.4 Å². The van der Waals surface area contributed by atoms with E-state index in [4.69, 9.17) is 10.2 Å². The van der Waals surface area contributed by atoms with Crippen LogP contribution in [0.15, 0.2) is 37.9 Å². The van der Waals surface area contributed by atoms with Gasteiger partial charge in [0.15, 0.2) is 0 Å². The molecule has 0 amide bonds. The number of nitrogens with two attached hydrogens (primary N) is 1. The minimum Gasteiger partial charge on any atom is -0.423 e. The first-order valence-corrected chi connectivity index (χ1v) is 4.45. The van der Waals surface area contributed by atoms with E-state index in [1.807, 2.05) is 6.07 Å². The Morgan fingerprint density at radius 2 is 2.08 bits per heavy atom. The van der Waals surface area contributed by atoms with Gasteiger partial charge in [0.05, 0.1) is 0 Å². The molecule has 2 rings (SSSR count). The van der Waals surface area contributed by atoms with Crippen LogP contribution in [-0.2, 0) is 0 Å². The number of fused-ring (bicyclic) bond motifs is 1. The second-order valence-corrected chi connectivity index (χ2v) is 3.58. The molecule has 2 aromatic rings. The van der Waals surface area contributed by atoms with Gasteiger partial charge in [-0.25, -0.2) is 4.79 Å². The Kier molecular flexibility index (Phi) is 1.84. The van der Waals surface area contributed by atoms with Crippen LogP contribution in [0, 0.1) is 0 Å². The number of hydrogen-bond donors (Lipinski definition) is 1. The zero-order valence-electron chi connectivity index (χ0n) is 6.58. The van der Waals surface area contributed by atoms with Crippen LogP contribution in [0.2, 0.25) is 0 Å². The molecule has 3 nitrogen and oxygen atoms in total. The number of anilines is 1. The van der Waals surface area contributed by atoms with E-state index in [2.05, 4.69) is 15.9 Å². The van der Waals surface area contributed by atoms with Gasteiger partial charge < -0.3 is 10.2 Å². The summed E-state index contributed by atoms with van der Waals surface area (Å²) in [6, 6.07) is 6.59. The second-order valence-electron chi connectivity index (χ2n) is 2.66. The van der Waals surface area contributed by atoms with Crippen LogP contribution in [0.1, 0.15) is 0 Å². The van der Waals surface area contributed by atoms with Crippen molar-refractivity contribution in [1.82, 2.24) is 0 Å². The van der Waals surface area contributed by atoms with Crippen LogP contribution in [-0.4, -0.2) is 0 Å². The van der Waals surface area contributed by atoms with E-state index in [9.17, 15) is 4.79 Å². The maximum absolute atomic E-state index is 10.9. The smallest absolute Gasteiger partial charge is 0.338 e. The fourth-order valence-electron chi connectivity index (χ4n) is 1.16. The van der Waals surface area contributed by atoms with Gasteiger partial charge in [0.2, 0.25) is 0 Å². The molecule has 13 heavy (non-hydrogen) atoms. The van der Waals surface area contributed by atoms with Gasteiger partial charge in [-0.15, -0.1) is 0 Å². The lowest BCUT2D eigenvalue weighted by atomic mass is 10.2. The molecular weight excluding hydrogens is 234 g/mol. The van der Waals surface area contributed by atoms with E-state index in [0.717, 1.165) is 9.86 Å². The van der Waals surface area contributed by atoms with Gasteiger partial charge in [-0.05, 0) is 18.2 Å². The van der Waals surface area contributed by atoms with Crippen LogP contribution in [0.25, 0.3) is 11.0 Å². The minimum atomic E-state index is -0.424. The minimum absolute atomic E-state index is 0.424. The Labute approximate surface area is 82.3 Å². The summed E-state index contributed by atoms with van der Waals surface area (Å²) in [5.41, 5.74) is 6.17. The molecule has 0 aliphatic rings. The molecule has 0 saturated carbocycles. The highest BCUT2D eigenvalue weighted by molar-refractivity contribution is 9.10. The number of hydrogen-bond acceptors (Lipinski definition) is 3. The predicted molar refractivity (Wildman–Crippen MR) is 54.6 cm³/mol. The summed E-state index contributed by atoms with van der Waals surface area (Å²) in [5, 5.41) is 0.744. The fourth-order valence-corrected chi connectivity index (χ4v) is 1.52. The van der Waals surface area contributed by atoms with Gasteiger partial charge in [0.1, 0.15) is 5.58 Å². The zero-order chi connectivity index (χ0) is 9.42. The van der Waals surface area contributed by atoms with Crippen molar-refractivity contribution < 1.29 is 4.42 Å². The number of halogens is 1. The van der Waals surface area contributed by atoms with E-state index in [-0.39, 0.29) is 0 Å². The summed E-state index contributed by atoms with van der Waals surface area (Å²) >= 11 is 3.31. The summed E-state index contributed by atoms with van der Waals surface area (Å²) < 4.78 is 5.84. The second kappa shape index (κ2) is 2.88. The van der Waals surface area contributed by atoms with Gasteiger partial charge >= 0.3 is 5.63 Å². The van der Waals surface area contributed by atoms with Crippen molar-refractivity contribution in [3.63, 3.8) is 0 Å². The first-order valence-electron chi connectivity index (χ1n) is 3.66. The molecule has 0 atom stereocenters. The van der Waals surface area contributed by atoms with E-state index >= 15 is 0 Å². The van der Waals surface area contributed by atoms with Crippen LogP contribution in [0.4, 0.5) is 5.69 Å². The van der Waals surface area contributed by atoms with E-state index < -0.39 is 5.63 Å². The van der Waals surface area contributed by atoms with Gasteiger partial charge in [-0.3, -0.25) is 0 Å². The predicted octanol–water partition coefficient (Wildman–Crippen LogP) is 2.14. The maximum atomic E-state index is 10.9. The van der Waals surface area contributed by atoms with Crippen LogP contribution >= 0.6 is 15.9 Å². The van der Waals surface area contributed by atoms with Crippen molar-refractivity contribution in [1.29, 1.82) is 0 Å². The normalized spacial score (nSPS) is 10.5. The molecule has 0 unspecified atom stereocenters. The van der Waals surface area contributed by atoms with Crippen molar-refractivity contribution in [3.8, 4) is 0 Å². The topological polar surface area (TPSA) is 56.2 Å². The monoisotopic (exact) mass is 239 g/mol.